The third-order valence-corrected chi connectivity index (χ3v) is 3.74. The van der Waals surface area contributed by atoms with Gasteiger partial charge in [0.15, 0.2) is 0 Å². The lowest BCUT2D eigenvalue weighted by Crippen LogP contribution is -2.35. The molecule has 0 radical (unpaired) electrons. The van der Waals surface area contributed by atoms with Gasteiger partial charge in [-0.05, 0) is 38.8 Å². The van der Waals surface area contributed by atoms with Gasteiger partial charge in [-0.1, -0.05) is 13.0 Å². The lowest BCUT2D eigenvalue weighted by atomic mass is 10.1. The van der Waals surface area contributed by atoms with Crippen molar-refractivity contribution in [2.24, 2.45) is 0 Å². The monoisotopic (exact) mass is 268 g/mol. The van der Waals surface area contributed by atoms with Gasteiger partial charge in [-0.25, -0.2) is 4.98 Å². The first-order valence-electron chi connectivity index (χ1n) is 6.39. The molecule has 0 bridgehead atoms. The minimum absolute atomic E-state index is 0.106. The van der Waals surface area contributed by atoms with E-state index in [2.05, 4.69) is 44.1 Å². The Balaban J connectivity index is 2.67. The molecule has 1 rings (SSSR count). The van der Waals surface area contributed by atoms with E-state index in [1.807, 2.05) is 12.3 Å². The van der Waals surface area contributed by atoms with Gasteiger partial charge < -0.3 is 10.4 Å². The van der Waals surface area contributed by atoms with Gasteiger partial charge >= 0.3 is 0 Å². The largest absolute Gasteiger partial charge is 0.396 e. The Kier molecular flexibility index (Phi) is 6.12. The number of thioether (sulfide) groups is 1. The molecule has 4 heteroatoms. The smallest absolute Gasteiger partial charge is 0.101 e. The molecule has 0 aliphatic carbocycles. The summed E-state index contributed by atoms with van der Waals surface area (Å²) >= 11 is 1.73. The molecule has 2 N–H and O–H groups in total. The van der Waals surface area contributed by atoms with Crippen LogP contribution >= 0.6 is 11.8 Å². The Bertz CT molecular complexity index is 363. The van der Waals surface area contributed by atoms with Crippen LogP contribution in [0.1, 0.15) is 39.7 Å². The van der Waals surface area contributed by atoms with Crippen LogP contribution in [0.5, 0.6) is 0 Å². The molecule has 102 valence electrons. The van der Waals surface area contributed by atoms with Crippen LogP contribution in [0.4, 0.5) is 0 Å². The molecule has 1 heterocycles. The molecule has 1 aromatic rings. The number of nitrogens with one attached hydrogen (secondary N) is 1. The van der Waals surface area contributed by atoms with E-state index in [9.17, 15) is 0 Å². The minimum Gasteiger partial charge on any atom is -0.396 e. The van der Waals surface area contributed by atoms with Crippen LogP contribution in [0.2, 0.25) is 0 Å². The van der Waals surface area contributed by atoms with Gasteiger partial charge in [-0.2, -0.15) is 0 Å². The molecule has 1 aromatic heterocycles. The highest BCUT2D eigenvalue weighted by atomic mass is 32.2. The van der Waals surface area contributed by atoms with Crippen molar-refractivity contribution >= 4 is 11.8 Å². The summed E-state index contributed by atoms with van der Waals surface area (Å²) in [5, 5.41) is 13.9. The number of hydrogen-bond acceptors (Lipinski definition) is 4. The number of aliphatic hydroxyl groups is 1. The maximum Gasteiger partial charge on any atom is 0.101 e. The van der Waals surface area contributed by atoms with Crippen LogP contribution in [-0.4, -0.2) is 27.5 Å². The van der Waals surface area contributed by atoms with Crippen molar-refractivity contribution in [2.45, 2.75) is 56.5 Å². The van der Waals surface area contributed by atoms with Crippen LogP contribution in [0.3, 0.4) is 0 Å². The average Bonchev–Trinajstić information content (AvgIpc) is 2.27. The van der Waals surface area contributed by atoms with Gasteiger partial charge in [0.2, 0.25) is 0 Å². The number of aliphatic hydroxyl groups excluding tert-OH is 1. The van der Waals surface area contributed by atoms with E-state index in [1.165, 1.54) is 5.56 Å². The highest BCUT2D eigenvalue weighted by Gasteiger charge is 2.12. The maximum atomic E-state index is 8.95. The van der Waals surface area contributed by atoms with Crippen LogP contribution < -0.4 is 5.32 Å². The van der Waals surface area contributed by atoms with Gasteiger partial charge in [0, 0.05) is 30.1 Å². The maximum absolute atomic E-state index is 8.95. The van der Waals surface area contributed by atoms with Crippen LogP contribution in [-0.2, 0) is 6.54 Å². The Morgan fingerprint density at radius 3 is 2.78 bits per heavy atom. The zero-order chi connectivity index (χ0) is 13.6. The summed E-state index contributed by atoms with van der Waals surface area (Å²) in [6, 6.07) is 4.08. The van der Waals surface area contributed by atoms with Gasteiger partial charge in [-0.3, -0.25) is 0 Å². The second kappa shape index (κ2) is 7.12. The third-order valence-electron chi connectivity index (χ3n) is 2.51. The predicted molar refractivity (Wildman–Crippen MR) is 77.9 cm³/mol. The first-order valence-corrected chi connectivity index (χ1v) is 7.27. The molecule has 0 aliphatic heterocycles. The fourth-order valence-electron chi connectivity index (χ4n) is 1.46. The summed E-state index contributed by atoms with van der Waals surface area (Å²) in [4.78, 5) is 4.44. The van der Waals surface area contributed by atoms with Crippen LogP contribution in [0, 0.1) is 0 Å². The average molecular weight is 268 g/mol. The molecule has 0 saturated carbocycles. The van der Waals surface area contributed by atoms with E-state index in [-0.39, 0.29) is 12.1 Å². The first kappa shape index (κ1) is 15.5. The zero-order valence-electron chi connectivity index (χ0n) is 11.7. The molecular weight excluding hydrogens is 244 g/mol. The number of rotatable bonds is 6. The third kappa shape index (κ3) is 5.85. The normalized spacial score (nSPS) is 13.6. The summed E-state index contributed by atoms with van der Waals surface area (Å²) in [6.07, 6.45) is 2.63. The highest BCUT2D eigenvalue weighted by molar-refractivity contribution is 7.99. The van der Waals surface area contributed by atoms with Gasteiger partial charge in [0.1, 0.15) is 5.03 Å². The van der Waals surface area contributed by atoms with Crippen molar-refractivity contribution in [3.8, 4) is 0 Å². The fourth-order valence-corrected chi connectivity index (χ4v) is 2.47. The van der Waals surface area contributed by atoms with Gasteiger partial charge in [-0.15, -0.1) is 11.8 Å². The fraction of sp³-hybridized carbons (Fsp3) is 0.643. The molecule has 1 atom stereocenters. The number of hydrogen-bond donors (Lipinski definition) is 2. The number of aromatic nitrogens is 1. The Hall–Kier alpha value is -0.580. The second-order valence-electron chi connectivity index (χ2n) is 5.51. The summed E-state index contributed by atoms with van der Waals surface area (Å²) in [5.41, 5.74) is 1.33. The highest BCUT2D eigenvalue weighted by Crippen LogP contribution is 2.26. The van der Waals surface area contributed by atoms with Gasteiger partial charge in [0.05, 0.1) is 0 Å². The van der Waals surface area contributed by atoms with E-state index in [1.54, 1.807) is 11.8 Å². The molecule has 0 fully saturated rings. The van der Waals surface area contributed by atoms with E-state index in [0.717, 1.165) is 18.0 Å². The van der Waals surface area contributed by atoms with Crippen molar-refractivity contribution in [1.82, 2.24) is 10.3 Å². The van der Waals surface area contributed by atoms with Crippen molar-refractivity contribution in [3.05, 3.63) is 23.9 Å². The van der Waals surface area contributed by atoms with Crippen molar-refractivity contribution < 1.29 is 5.11 Å². The molecule has 0 spiro atoms. The van der Waals surface area contributed by atoms with E-state index < -0.39 is 0 Å². The van der Waals surface area contributed by atoms with Gasteiger partial charge in [0.25, 0.3) is 0 Å². The molecule has 18 heavy (non-hydrogen) atoms. The standard InChI is InChI=1S/C14H24N2OS/c1-11(7-9-17)18-13-12(6-5-8-15-13)10-16-14(2,3)4/h5-6,8,11,16-17H,7,9-10H2,1-4H3. The van der Waals surface area contributed by atoms with Crippen LogP contribution in [0.25, 0.3) is 0 Å². The molecule has 0 aromatic carbocycles. The zero-order valence-corrected chi connectivity index (χ0v) is 12.5. The van der Waals surface area contributed by atoms with Crippen LogP contribution in [0.15, 0.2) is 23.4 Å². The quantitative estimate of drug-likeness (QED) is 0.779. The summed E-state index contributed by atoms with van der Waals surface area (Å²) in [5.74, 6) is 0. The number of nitrogens with zero attached hydrogens (tertiary/aromatic N) is 1. The van der Waals surface area contributed by atoms with E-state index in [0.29, 0.717) is 5.25 Å². The first-order chi connectivity index (χ1) is 8.42. The second-order valence-corrected chi connectivity index (χ2v) is 6.94. The van der Waals surface area contributed by atoms with Crippen molar-refractivity contribution in [2.75, 3.05) is 6.61 Å². The Morgan fingerprint density at radius 1 is 1.44 bits per heavy atom. The summed E-state index contributed by atoms with van der Waals surface area (Å²) < 4.78 is 0. The molecular formula is C14H24N2OS. The number of pyridine rings is 1. The Morgan fingerprint density at radius 2 is 2.17 bits per heavy atom. The SMILES string of the molecule is CC(CCO)Sc1ncccc1CNC(C)(C)C. The topological polar surface area (TPSA) is 45.2 Å². The molecule has 3 nitrogen and oxygen atoms in total. The van der Waals surface area contributed by atoms with E-state index in [4.69, 9.17) is 5.11 Å². The predicted octanol–water partition coefficient (Wildman–Crippen LogP) is 2.83. The van der Waals surface area contributed by atoms with Crippen molar-refractivity contribution in [1.29, 1.82) is 0 Å². The summed E-state index contributed by atoms with van der Waals surface area (Å²) in [6.45, 7) is 9.65. The Labute approximate surface area is 114 Å². The van der Waals surface area contributed by atoms with E-state index >= 15 is 0 Å². The lowest BCUT2D eigenvalue weighted by Gasteiger charge is -2.21. The molecule has 0 saturated heterocycles. The minimum atomic E-state index is 0.106. The van der Waals surface area contributed by atoms with Crippen molar-refractivity contribution in [3.63, 3.8) is 0 Å². The summed E-state index contributed by atoms with van der Waals surface area (Å²) in [7, 11) is 0. The molecule has 1 unspecified atom stereocenters. The molecule has 0 aliphatic rings. The lowest BCUT2D eigenvalue weighted by molar-refractivity contribution is 0.289. The molecule has 0 amide bonds.